The molecule has 0 saturated heterocycles. The van der Waals surface area contributed by atoms with E-state index in [1.165, 1.54) is 18.2 Å². The summed E-state index contributed by atoms with van der Waals surface area (Å²) in [6.45, 7) is 3.50. The second-order valence-electron chi connectivity index (χ2n) is 4.18. The number of hydrogen-bond donors (Lipinski definition) is 3. The molecular weight excluding hydrogens is 237 g/mol. The highest BCUT2D eigenvalue weighted by Crippen LogP contribution is 2.08. The average Bonchev–Trinajstić information content (AvgIpc) is 2.35. The Morgan fingerprint density at radius 3 is 2.39 bits per heavy atom. The van der Waals surface area contributed by atoms with Gasteiger partial charge in [0.15, 0.2) is 0 Å². The van der Waals surface area contributed by atoms with Gasteiger partial charge in [-0.25, -0.2) is 10.2 Å². The zero-order valence-corrected chi connectivity index (χ0v) is 10.2. The maximum Gasteiger partial charge on any atom is 0.256 e. The first-order valence-corrected chi connectivity index (χ1v) is 5.53. The topological polar surface area (TPSA) is 84.2 Å². The summed E-state index contributed by atoms with van der Waals surface area (Å²) >= 11 is 0. The van der Waals surface area contributed by atoms with Gasteiger partial charge in [0.25, 0.3) is 11.8 Å². The molecule has 0 fully saturated rings. The fraction of sp³-hybridized carbons (Fsp3) is 0.333. The Morgan fingerprint density at radius 1 is 1.28 bits per heavy atom. The van der Waals surface area contributed by atoms with Crippen LogP contribution in [-0.2, 0) is 4.79 Å². The average molecular weight is 253 g/mol. The maximum absolute atomic E-state index is 13.4. The smallest absolute Gasteiger partial charge is 0.256 e. The number of halogens is 1. The van der Waals surface area contributed by atoms with Crippen LogP contribution in [0.4, 0.5) is 4.39 Å². The maximum atomic E-state index is 13.4. The minimum Gasteiger partial charge on any atom is -0.340 e. The minimum absolute atomic E-state index is 0.104. The first kappa shape index (κ1) is 14.1. The summed E-state index contributed by atoms with van der Waals surface area (Å²) in [5.41, 5.74) is 1.87. The number of rotatable bonds is 4. The molecule has 6 heteroatoms. The second-order valence-corrected chi connectivity index (χ2v) is 4.18. The van der Waals surface area contributed by atoms with Gasteiger partial charge in [-0.1, -0.05) is 26.0 Å². The standard InChI is InChI=1S/C12H16FN3O2/c1-7(2)10(12(18)16-14)15-11(17)8-5-3-4-6-9(8)13/h3-7,10H,14H2,1-2H3,(H,15,17)(H,16,18)/t10-/m1/s1. The SMILES string of the molecule is CC(C)[C@@H](NC(=O)c1ccccc1F)C(=O)NN. The highest BCUT2D eigenvalue weighted by molar-refractivity contribution is 5.97. The van der Waals surface area contributed by atoms with Crippen molar-refractivity contribution in [2.75, 3.05) is 0 Å². The molecule has 0 radical (unpaired) electrons. The van der Waals surface area contributed by atoms with Crippen LogP contribution in [-0.4, -0.2) is 17.9 Å². The van der Waals surface area contributed by atoms with Crippen molar-refractivity contribution in [3.05, 3.63) is 35.6 Å². The van der Waals surface area contributed by atoms with Crippen molar-refractivity contribution in [1.82, 2.24) is 10.7 Å². The van der Waals surface area contributed by atoms with E-state index in [1.54, 1.807) is 19.9 Å². The second kappa shape index (κ2) is 6.11. The Hall–Kier alpha value is -1.95. The van der Waals surface area contributed by atoms with E-state index >= 15 is 0 Å². The number of carbonyl (C=O) groups excluding carboxylic acids is 2. The number of nitrogens with one attached hydrogen (secondary N) is 2. The molecule has 98 valence electrons. The van der Waals surface area contributed by atoms with Gasteiger partial charge in [-0.2, -0.15) is 0 Å². The Bertz CT molecular complexity index is 449. The van der Waals surface area contributed by atoms with Gasteiger partial charge >= 0.3 is 0 Å². The molecule has 1 atom stereocenters. The number of amides is 2. The van der Waals surface area contributed by atoms with Crippen molar-refractivity contribution < 1.29 is 14.0 Å². The van der Waals surface area contributed by atoms with Crippen LogP contribution in [0.5, 0.6) is 0 Å². The highest BCUT2D eigenvalue weighted by atomic mass is 19.1. The van der Waals surface area contributed by atoms with Crippen LogP contribution < -0.4 is 16.6 Å². The zero-order valence-electron chi connectivity index (χ0n) is 10.2. The predicted octanol–water partition coefficient (Wildman–Crippen LogP) is 0.570. The molecule has 0 spiro atoms. The third kappa shape index (κ3) is 3.27. The van der Waals surface area contributed by atoms with Crippen molar-refractivity contribution in [2.45, 2.75) is 19.9 Å². The molecule has 0 bridgehead atoms. The van der Waals surface area contributed by atoms with Crippen molar-refractivity contribution in [2.24, 2.45) is 11.8 Å². The van der Waals surface area contributed by atoms with E-state index in [-0.39, 0.29) is 11.5 Å². The Balaban J connectivity index is 2.86. The summed E-state index contributed by atoms with van der Waals surface area (Å²) in [6, 6.07) is 4.76. The summed E-state index contributed by atoms with van der Waals surface area (Å²) in [7, 11) is 0. The van der Waals surface area contributed by atoms with Crippen LogP contribution in [0, 0.1) is 11.7 Å². The fourth-order valence-electron chi connectivity index (χ4n) is 1.49. The molecule has 0 aliphatic rings. The summed E-state index contributed by atoms with van der Waals surface area (Å²) in [5, 5.41) is 2.45. The molecule has 1 aromatic rings. The molecule has 0 heterocycles. The van der Waals surface area contributed by atoms with E-state index in [9.17, 15) is 14.0 Å². The van der Waals surface area contributed by atoms with Crippen molar-refractivity contribution in [1.29, 1.82) is 0 Å². The van der Waals surface area contributed by atoms with Gasteiger partial charge in [0, 0.05) is 0 Å². The van der Waals surface area contributed by atoms with E-state index in [1.807, 2.05) is 5.43 Å². The molecule has 0 aromatic heterocycles. The van der Waals surface area contributed by atoms with Gasteiger partial charge in [-0.05, 0) is 18.1 Å². The lowest BCUT2D eigenvalue weighted by molar-refractivity contribution is -0.124. The first-order valence-electron chi connectivity index (χ1n) is 5.53. The number of hydrogen-bond acceptors (Lipinski definition) is 3. The third-order valence-corrected chi connectivity index (χ3v) is 2.50. The lowest BCUT2D eigenvalue weighted by Gasteiger charge is -2.20. The Labute approximate surface area is 105 Å². The lowest BCUT2D eigenvalue weighted by atomic mass is 10.0. The lowest BCUT2D eigenvalue weighted by Crippen LogP contribution is -2.51. The largest absolute Gasteiger partial charge is 0.340 e. The van der Waals surface area contributed by atoms with Gasteiger partial charge < -0.3 is 5.32 Å². The van der Waals surface area contributed by atoms with E-state index in [4.69, 9.17) is 5.84 Å². The van der Waals surface area contributed by atoms with Gasteiger partial charge in [0.2, 0.25) is 0 Å². The van der Waals surface area contributed by atoms with E-state index < -0.39 is 23.7 Å². The number of nitrogens with two attached hydrogens (primary N) is 1. The van der Waals surface area contributed by atoms with Gasteiger partial charge in [0.05, 0.1) is 5.56 Å². The molecular formula is C12H16FN3O2. The fourth-order valence-corrected chi connectivity index (χ4v) is 1.49. The van der Waals surface area contributed by atoms with E-state index in [2.05, 4.69) is 5.32 Å². The van der Waals surface area contributed by atoms with Gasteiger partial charge in [0.1, 0.15) is 11.9 Å². The first-order chi connectivity index (χ1) is 8.47. The molecule has 5 nitrogen and oxygen atoms in total. The van der Waals surface area contributed by atoms with Crippen LogP contribution >= 0.6 is 0 Å². The Morgan fingerprint density at radius 2 is 1.89 bits per heavy atom. The molecule has 18 heavy (non-hydrogen) atoms. The Kier molecular flexibility index (Phi) is 4.79. The molecule has 1 aromatic carbocycles. The van der Waals surface area contributed by atoms with Crippen LogP contribution in [0.25, 0.3) is 0 Å². The molecule has 4 N–H and O–H groups in total. The quantitative estimate of drug-likeness (QED) is 0.416. The number of benzene rings is 1. The molecule has 0 aliphatic carbocycles. The van der Waals surface area contributed by atoms with Gasteiger partial charge in [-0.3, -0.25) is 15.0 Å². The third-order valence-electron chi connectivity index (χ3n) is 2.50. The normalized spacial score (nSPS) is 12.1. The van der Waals surface area contributed by atoms with Gasteiger partial charge in [-0.15, -0.1) is 0 Å². The molecule has 0 unspecified atom stereocenters. The zero-order chi connectivity index (χ0) is 13.7. The van der Waals surface area contributed by atoms with E-state index in [0.29, 0.717) is 0 Å². The molecule has 1 rings (SSSR count). The molecule has 0 saturated carbocycles. The summed E-state index contributed by atoms with van der Waals surface area (Å²) < 4.78 is 13.4. The van der Waals surface area contributed by atoms with Crippen molar-refractivity contribution in [3.63, 3.8) is 0 Å². The molecule has 0 aliphatic heterocycles. The highest BCUT2D eigenvalue weighted by Gasteiger charge is 2.24. The van der Waals surface area contributed by atoms with Crippen LogP contribution in [0.1, 0.15) is 24.2 Å². The van der Waals surface area contributed by atoms with E-state index in [0.717, 1.165) is 0 Å². The summed E-state index contributed by atoms with van der Waals surface area (Å²) in [6.07, 6.45) is 0. The van der Waals surface area contributed by atoms with Crippen LogP contribution in [0.3, 0.4) is 0 Å². The monoisotopic (exact) mass is 253 g/mol. The van der Waals surface area contributed by atoms with Crippen molar-refractivity contribution in [3.8, 4) is 0 Å². The minimum atomic E-state index is -0.804. The summed E-state index contributed by atoms with van der Waals surface area (Å²) in [4.78, 5) is 23.3. The van der Waals surface area contributed by atoms with Crippen molar-refractivity contribution >= 4 is 11.8 Å². The molecule has 2 amide bonds. The summed E-state index contributed by atoms with van der Waals surface area (Å²) in [5.74, 6) is 3.07. The number of hydrazine groups is 1. The van der Waals surface area contributed by atoms with Crippen LogP contribution in [0.15, 0.2) is 24.3 Å². The predicted molar refractivity (Wildman–Crippen MR) is 64.8 cm³/mol. The van der Waals surface area contributed by atoms with Crippen LogP contribution in [0.2, 0.25) is 0 Å². The number of carbonyl (C=O) groups is 2.